The number of hydrogen-bond donors (Lipinski definition) is 2. The van der Waals surface area contributed by atoms with Gasteiger partial charge in [-0.2, -0.15) is 0 Å². The van der Waals surface area contributed by atoms with Gasteiger partial charge >= 0.3 is 0 Å². The van der Waals surface area contributed by atoms with Crippen LogP contribution < -0.4 is 10.6 Å². The van der Waals surface area contributed by atoms with Gasteiger partial charge in [-0.25, -0.2) is 0 Å². The second-order valence-electron chi connectivity index (χ2n) is 6.05. The number of rotatable bonds is 8. The lowest BCUT2D eigenvalue weighted by Gasteiger charge is -2.30. The zero-order valence-corrected chi connectivity index (χ0v) is 16.7. The molecular formula is C15H35IN4. The van der Waals surface area contributed by atoms with Gasteiger partial charge < -0.3 is 10.6 Å². The molecule has 0 fully saturated rings. The third kappa shape index (κ3) is 10.7. The molecule has 4 nitrogen and oxygen atoms in total. The summed E-state index contributed by atoms with van der Waals surface area (Å²) in [5, 5.41) is 6.70. The summed E-state index contributed by atoms with van der Waals surface area (Å²) in [7, 11) is 1.82. The van der Waals surface area contributed by atoms with E-state index in [1.54, 1.807) is 0 Å². The molecule has 0 aromatic heterocycles. The first-order valence-electron chi connectivity index (χ1n) is 7.58. The maximum atomic E-state index is 4.23. The van der Waals surface area contributed by atoms with Crippen LogP contribution in [0.1, 0.15) is 48.0 Å². The fourth-order valence-corrected chi connectivity index (χ4v) is 2.10. The van der Waals surface area contributed by atoms with E-state index in [2.05, 4.69) is 62.1 Å². The second-order valence-corrected chi connectivity index (χ2v) is 6.05. The molecule has 0 heterocycles. The molecule has 0 rings (SSSR count). The highest BCUT2D eigenvalue weighted by molar-refractivity contribution is 14.0. The Morgan fingerprint density at radius 3 is 1.95 bits per heavy atom. The van der Waals surface area contributed by atoms with Gasteiger partial charge in [0.15, 0.2) is 5.96 Å². The van der Waals surface area contributed by atoms with E-state index in [4.69, 9.17) is 0 Å². The van der Waals surface area contributed by atoms with Crippen molar-refractivity contribution in [2.24, 2.45) is 10.9 Å². The molecule has 0 atom stereocenters. The molecule has 5 heteroatoms. The fourth-order valence-electron chi connectivity index (χ4n) is 2.10. The van der Waals surface area contributed by atoms with Crippen LogP contribution >= 0.6 is 24.0 Å². The van der Waals surface area contributed by atoms with E-state index < -0.39 is 0 Å². The number of halogens is 1. The first-order valence-corrected chi connectivity index (χ1v) is 7.58. The summed E-state index contributed by atoms with van der Waals surface area (Å²) in [4.78, 5) is 6.75. The molecule has 0 saturated heterocycles. The average Bonchev–Trinajstić information content (AvgIpc) is 2.31. The predicted molar refractivity (Wildman–Crippen MR) is 101 cm³/mol. The number of nitrogens with one attached hydrogen (secondary N) is 2. The van der Waals surface area contributed by atoms with Gasteiger partial charge in [-0.1, -0.05) is 13.8 Å². The quantitative estimate of drug-likeness (QED) is 0.286. The second kappa shape index (κ2) is 12.7. The molecule has 0 amide bonds. The molecule has 0 aromatic rings. The maximum Gasteiger partial charge on any atom is 0.190 e. The van der Waals surface area contributed by atoms with Crippen molar-refractivity contribution < 1.29 is 0 Å². The zero-order valence-electron chi connectivity index (χ0n) is 14.4. The van der Waals surface area contributed by atoms with Gasteiger partial charge in [-0.3, -0.25) is 9.89 Å². The third-order valence-corrected chi connectivity index (χ3v) is 3.11. The van der Waals surface area contributed by atoms with E-state index in [1.165, 1.54) is 0 Å². The van der Waals surface area contributed by atoms with E-state index in [1.807, 2.05) is 7.05 Å². The first kappa shape index (κ1) is 22.2. The summed E-state index contributed by atoms with van der Waals surface area (Å²) in [5.74, 6) is 1.55. The van der Waals surface area contributed by atoms with Crippen molar-refractivity contribution in [3.05, 3.63) is 0 Å². The molecule has 0 aromatic carbocycles. The molecule has 122 valence electrons. The van der Waals surface area contributed by atoms with Crippen LogP contribution in [0.5, 0.6) is 0 Å². The predicted octanol–water partition coefficient (Wildman–Crippen LogP) is 2.93. The van der Waals surface area contributed by atoms with Crippen LogP contribution in [0, 0.1) is 5.92 Å². The number of guanidine groups is 1. The SMILES string of the molecule is CN=C(NCCCN(C(C)C)C(C)C)NCC(C)C.I. The summed E-state index contributed by atoms with van der Waals surface area (Å²) in [6.45, 7) is 16.5. The van der Waals surface area contributed by atoms with E-state index in [0.29, 0.717) is 18.0 Å². The number of nitrogens with zero attached hydrogens (tertiary/aromatic N) is 2. The van der Waals surface area contributed by atoms with Crippen LogP contribution in [0.4, 0.5) is 0 Å². The van der Waals surface area contributed by atoms with Gasteiger partial charge in [-0.05, 0) is 40.0 Å². The Balaban J connectivity index is 0. The van der Waals surface area contributed by atoms with Crippen molar-refractivity contribution in [1.82, 2.24) is 15.5 Å². The Hall–Kier alpha value is -0.0400. The highest BCUT2D eigenvalue weighted by Crippen LogP contribution is 2.05. The molecular weight excluding hydrogens is 363 g/mol. The molecule has 0 radical (unpaired) electrons. The van der Waals surface area contributed by atoms with Crippen LogP contribution in [-0.2, 0) is 0 Å². The third-order valence-electron chi connectivity index (χ3n) is 3.11. The maximum absolute atomic E-state index is 4.23. The molecule has 0 unspecified atom stereocenters. The number of aliphatic imine (C=N–C) groups is 1. The molecule has 2 N–H and O–H groups in total. The van der Waals surface area contributed by atoms with Crippen LogP contribution in [0.15, 0.2) is 4.99 Å². The Bertz CT molecular complexity index is 244. The van der Waals surface area contributed by atoms with Gasteiger partial charge in [0.1, 0.15) is 0 Å². The van der Waals surface area contributed by atoms with Crippen molar-refractivity contribution in [3.8, 4) is 0 Å². The normalized spacial score (nSPS) is 12.2. The minimum Gasteiger partial charge on any atom is -0.356 e. The summed E-state index contributed by atoms with van der Waals surface area (Å²) < 4.78 is 0. The smallest absolute Gasteiger partial charge is 0.190 e. The molecule has 0 saturated carbocycles. The summed E-state index contributed by atoms with van der Waals surface area (Å²) in [5.41, 5.74) is 0. The topological polar surface area (TPSA) is 39.7 Å². The van der Waals surface area contributed by atoms with Crippen LogP contribution in [0.25, 0.3) is 0 Å². The van der Waals surface area contributed by atoms with Gasteiger partial charge in [0.2, 0.25) is 0 Å². The Labute approximate surface area is 143 Å². The monoisotopic (exact) mass is 398 g/mol. The average molecular weight is 398 g/mol. The molecule has 0 spiro atoms. The molecule has 20 heavy (non-hydrogen) atoms. The van der Waals surface area contributed by atoms with Gasteiger partial charge in [0, 0.05) is 38.8 Å². The molecule has 0 bridgehead atoms. The van der Waals surface area contributed by atoms with Crippen LogP contribution in [0.3, 0.4) is 0 Å². The van der Waals surface area contributed by atoms with E-state index in [9.17, 15) is 0 Å². The van der Waals surface area contributed by atoms with E-state index in [-0.39, 0.29) is 24.0 Å². The Morgan fingerprint density at radius 2 is 1.55 bits per heavy atom. The Morgan fingerprint density at radius 1 is 1.00 bits per heavy atom. The fraction of sp³-hybridized carbons (Fsp3) is 0.933. The van der Waals surface area contributed by atoms with Crippen molar-refractivity contribution >= 4 is 29.9 Å². The Kier molecular flexibility index (Phi) is 14.1. The minimum atomic E-state index is 0. The van der Waals surface area contributed by atoms with Crippen LogP contribution in [0.2, 0.25) is 0 Å². The van der Waals surface area contributed by atoms with E-state index in [0.717, 1.165) is 32.0 Å². The van der Waals surface area contributed by atoms with Crippen molar-refractivity contribution in [1.29, 1.82) is 0 Å². The highest BCUT2D eigenvalue weighted by Gasteiger charge is 2.12. The van der Waals surface area contributed by atoms with Gasteiger partial charge in [0.05, 0.1) is 0 Å². The van der Waals surface area contributed by atoms with Crippen molar-refractivity contribution in [3.63, 3.8) is 0 Å². The van der Waals surface area contributed by atoms with Crippen molar-refractivity contribution in [2.75, 3.05) is 26.7 Å². The van der Waals surface area contributed by atoms with Crippen LogP contribution in [-0.4, -0.2) is 49.6 Å². The lowest BCUT2D eigenvalue weighted by molar-refractivity contribution is 0.173. The summed E-state index contributed by atoms with van der Waals surface area (Å²) >= 11 is 0. The van der Waals surface area contributed by atoms with E-state index >= 15 is 0 Å². The molecule has 0 aliphatic heterocycles. The summed E-state index contributed by atoms with van der Waals surface area (Å²) in [6.07, 6.45) is 1.14. The standard InChI is InChI=1S/C15H34N4.HI/c1-12(2)11-18-15(16-7)17-9-8-10-19(13(3)4)14(5)6;/h12-14H,8-11H2,1-7H3,(H2,16,17,18);1H. The molecule has 0 aliphatic rings. The van der Waals surface area contributed by atoms with Gasteiger partial charge in [-0.15, -0.1) is 24.0 Å². The lowest BCUT2D eigenvalue weighted by atomic mass is 10.2. The minimum absolute atomic E-state index is 0. The summed E-state index contributed by atoms with van der Waals surface area (Å²) in [6, 6.07) is 1.22. The van der Waals surface area contributed by atoms with Gasteiger partial charge in [0.25, 0.3) is 0 Å². The van der Waals surface area contributed by atoms with Crippen molar-refractivity contribution in [2.45, 2.75) is 60.0 Å². The largest absolute Gasteiger partial charge is 0.356 e. The zero-order chi connectivity index (χ0) is 14.8. The highest BCUT2D eigenvalue weighted by atomic mass is 127. The first-order chi connectivity index (χ1) is 8.88. The lowest BCUT2D eigenvalue weighted by Crippen LogP contribution is -2.42. The molecule has 0 aliphatic carbocycles. The number of hydrogen-bond acceptors (Lipinski definition) is 2.